The summed E-state index contributed by atoms with van der Waals surface area (Å²) >= 11 is 0. The number of urea groups is 1. The average molecular weight is 234 g/mol. The van der Waals surface area contributed by atoms with Gasteiger partial charge in [0.05, 0.1) is 24.1 Å². The molecule has 1 aliphatic rings. The highest BCUT2D eigenvalue weighted by Gasteiger charge is 2.30. The van der Waals surface area contributed by atoms with Gasteiger partial charge in [0, 0.05) is 6.20 Å². The predicted octanol–water partition coefficient (Wildman–Crippen LogP) is -0.246. The van der Waals surface area contributed by atoms with E-state index < -0.39 is 17.8 Å². The van der Waals surface area contributed by atoms with Crippen LogP contribution in [0.25, 0.3) is 0 Å². The van der Waals surface area contributed by atoms with Gasteiger partial charge in [-0.05, 0) is 6.92 Å². The Labute approximate surface area is 96.8 Å². The molecule has 2 heterocycles. The number of hydrogen-bond donors (Lipinski definition) is 1. The molecule has 0 bridgehead atoms. The third kappa shape index (κ3) is 2.44. The Hall–Kier alpha value is -2.31. The van der Waals surface area contributed by atoms with Crippen molar-refractivity contribution in [2.75, 3.05) is 0 Å². The molecule has 0 saturated carbocycles. The maximum absolute atomic E-state index is 11.5. The Kier molecular flexibility index (Phi) is 2.82. The van der Waals surface area contributed by atoms with Crippen LogP contribution < -0.4 is 5.32 Å². The number of carbonyl (C=O) groups is 3. The number of amides is 4. The standard InChI is InChI=1S/C10H10N4O3/c1-6-3-12-7(4-11-6)5-14-9(16)2-8(15)13-10(14)17/h3-4H,2,5H2,1H3,(H,13,15,17). The van der Waals surface area contributed by atoms with Crippen molar-refractivity contribution in [1.82, 2.24) is 20.2 Å². The molecule has 1 saturated heterocycles. The average Bonchev–Trinajstić information content (AvgIpc) is 2.26. The largest absolute Gasteiger partial charge is 0.331 e. The fourth-order valence-corrected chi connectivity index (χ4v) is 1.40. The first-order valence-corrected chi connectivity index (χ1v) is 4.98. The van der Waals surface area contributed by atoms with Gasteiger partial charge in [0.1, 0.15) is 6.42 Å². The van der Waals surface area contributed by atoms with Gasteiger partial charge in [-0.3, -0.25) is 29.8 Å². The smallest absolute Gasteiger partial charge is 0.277 e. The Balaban J connectivity index is 2.12. The van der Waals surface area contributed by atoms with Gasteiger partial charge in [0.2, 0.25) is 11.8 Å². The molecule has 17 heavy (non-hydrogen) atoms. The van der Waals surface area contributed by atoms with Crippen molar-refractivity contribution in [3.8, 4) is 0 Å². The fourth-order valence-electron chi connectivity index (χ4n) is 1.40. The maximum Gasteiger partial charge on any atom is 0.331 e. The third-order valence-corrected chi connectivity index (χ3v) is 2.26. The minimum atomic E-state index is -0.714. The zero-order valence-corrected chi connectivity index (χ0v) is 9.14. The topological polar surface area (TPSA) is 92.3 Å². The van der Waals surface area contributed by atoms with E-state index in [0.29, 0.717) is 5.69 Å². The fraction of sp³-hybridized carbons (Fsp3) is 0.300. The van der Waals surface area contributed by atoms with E-state index in [9.17, 15) is 14.4 Å². The second-order valence-corrected chi connectivity index (χ2v) is 3.66. The van der Waals surface area contributed by atoms with Crippen LogP contribution in [0.1, 0.15) is 17.8 Å². The number of nitrogens with one attached hydrogen (secondary N) is 1. The highest BCUT2D eigenvalue weighted by atomic mass is 16.2. The van der Waals surface area contributed by atoms with Crippen LogP contribution in [0.15, 0.2) is 12.4 Å². The SMILES string of the molecule is Cc1cnc(CN2C(=O)CC(=O)NC2=O)cn1. The number of aryl methyl sites for hydroxylation is 1. The molecule has 0 radical (unpaired) electrons. The van der Waals surface area contributed by atoms with Crippen molar-refractivity contribution < 1.29 is 14.4 Å². The minimum Gasteiger partial charge on any atom is -0.277 e. The molecule has 0 spiro atoms. The Morgan fingerprint density at radius 1 is 1.29 bits per heavy atom. The van der Waals surface area contributed by atoms with E-state index in [1.807, 2.05) is 0 Å². The lowest BCUT2D eigenvalue weighted by Gasteiger charge is -2.24. The van der Waals surface area contributed by atoms with Crippen molar-refractivity contribution in [1.29, 1.82) is 0 Å². The first kappa shape index (κ1) is 11.2. The number of imide groups is 2. The van der Waals surface area contributed by atoms with Crippen LogP contribution in [-0.4, -0.2) is 32.7 Å². The summed E-state index contributed by atoms with van der Waals surface area (Å²) in [5, 5.41) is 2.07. The van der Waals surface area contributed by atoms with Crippen LogP contribution in [0.3, 0.4) is 0 Å². The summed E-state index contributed by atoms with van der Waals surface area (Å²) in [7, 11) is 0. The van der Waals surface area contributed by atoms with Crippen LogP contribution >= 0.6 is 0 Å². The molecular formula is C10H10N4O3. The molecule has 7 heteroatoms. The number of hydrogen-bond acceptors (Lipinski definition) is 5. The van der Waals surface area contributed by atoms with Crippen molar-refractivity contribution in [3.63, 3.8) is 0 Å². The molecule has 88 valence electrons. The summed E-state index contributed by atoms with van der Waals surface area (Å²) in [6, 6.07) is -0.714. The van der Waals surface area contributed by atoms with E-state index in [4.69, 9.17) is 0 Å². The molecule has 1 N–H and O–H groups in total. The van der Waals surface area contributed by atoms with E-state index in [0.717, 1.165) is 10.6 Å². The van der Waals surface area contributed by atoms with Crippen LogP contribution in [0.5, 0.6) is 0 Å². The second kappa shape index (κ2) is 4.28. The van der Waals surface area contributed by atoms with Gasteiger partial charge in [-0.15, -0.1) is 0 Å². The van der Waals surface area contributed by atoms with Crippen LogP contribution in [0.2, 0.25) is 0 Å². The molecule has 0 aliphatic carbocycles. The number of barbiturate groups is 1. The van der Waals surface area contributed by atoms with Gasteiger partial charge in [-0.1, -0.05) is 0 Å². The van der Waals surface area contributed by atoms with Gasteiger partial charge in [-0.2, -0.15) is 0 Å². The number of carbonyl (C=O) groups excluding carboxylic acids is 3. The van der Waals surface area contributed by atoms with Crippen molar-refractivity contribution >= 4 is 17.8 Å². The van der Waals surface area contributed by atoms with Gasteiger partial charge >= 0.3 is 6.03 Å². The zero-order chi connectivity index (χ0) is 12.4. The van der Waals surface area contributed by atoms with E-state index >= 15 is 0 Å². The monoisotopic (exact) mass is 234 g/mol. The molecular weight excluding hydrogens is 224 g/mol. The maximum atomic E-state index is 11.5. The summed E-state index contributed by atoms with van der Waals surface area (Å²) < 4.78 is 0. The van der Waals surface area contributed by atoms with Crippen LogP contribution in [-0.2, 0) is 16.1 Å². The highest BCUT2D eigenvalue weighted by molar-refractivity contribution is 6.13. The Bertz CT molecular complexity index is 463. The molecule has 0 unspecified atom stereocenters. The molecule has 1 aromatic heterocycles. The molecule has 1 fully saturated rings. The van der Waals surface area contributed by atoms with Gasteiger partial charge < -0.3 is 0 Å². The lowest BCUT2D eigenvalue weighted by Crippen LogP contribution is -2.52. The third-order valence-electron chi connectivity index (χ3n) is 2.26. The molecule has 1 aliphatic heterocycles. The number of nitrogens with zero attached hydrogens (tertiary/aromatic N) is 3. The van der Waals surface area contributed by atoms with Crippen molar-refractivity contribution in [2.45, 2.75) is 19.9 Å². The first-order chi connectivity index (χ1) is 8.06. The summed E-state index contributed by atoms with van der Waals surface area (Å²) in [5.41, 5.74) is 1.24. The molecule has 0 atom stereocenters. The normalized spacial score (nSPS) is 16.1. The van der Waals surface area contributed by atoms with Gasteiger partial charge in [0.15, 0.2) is 0 Å². The van der Waals surface area contributed by atoms with Crippen molar-refractivity contribution in [3.05, 3.63) is 23.8 Å². The van der Waals surface area contributed by atoms with Gasteiger partial charge in [-0.25, -0.2) is 4.79 Å². The molecule has 4 amide bonds. The van der Waals surface area contributed by atoms with Crippen LogP contribution in [0, 0.1) is 6.92 Å². The molecule has 2 rings (SSSR count). The highest BCUT2D eigenvalue weighted by Crippen LogP contribution is 2.07. The van der Waals surface area contributed by atoms with E-state index in [2.05, 4.69) is 15.3 Å². The second-order valence-electron chi connectivity index (χ2n) is 3.66. The first-order valence-electron chi connectivity index (χ1n) is 4.98. The summed E-state index contributed by atoms with van der Waals surface area (Å²) in [4.78, 5) is 42.8. The Morgan fingerprint density at radius 2 is 2.06 bits per heavy atom. The molecule has 1 aromatic rings. The Morgan fingerprint density at radius 3 is 2.65 bits per heavy atom. The van der Waals surface area contributed by atoms with Crippen LogP contribution in [0.4, 0.5) is 4.79 Å². The molecule has 0 aromatic carbocycles. The zero-order valence-electron chi connectivity index (χ0n) is 9.14. The van der Waals surface area contributed by atoms with Crippen molar-refractivity contribution in [2.24, 2.45) is 0 Å². The minimum absolute atomic E-state index is 0.0191. The summed E-state index contributed by atoms with van der Waals surface area (Å²) in [6.45, 7) is 1.80. The number of rotatable bonds is 2. The number of aromatic nitrogens is 2. The lowest BCUT2D eigenvalue weighted by molar-refractivity contribution is -0.136. The van der Waals surface area contributed by atoms with E-state index in [1.165, 1.54) is 6.20 Å². The van der Waals surface area contributed by atoms with Gasteiger partial charge in [0.25, 0.3) is 0 Å². The van der Waals surface area contributed by atoms with E-state index in [1.54, 1.807) is 13.1 Å². The lowest BCUT2D eigenvalue weighted by atomic mass is 10.2. The summed E-state index contributed by atoms with van der Waals surface area (Å²) in [5.74, 6) is -1.10. The summed E-state index contributed by atoms with van der Waals surface area (Å²) in [6.07, 6.45) is 2.73. The quantitative estimate of drug-likeness (QED) is 0.712. The molecule has 7 nitrogen and oxygen atoms in total. The predicted molar refractivity (Wildman–Crippen MR) is 55.5 cm³/mol. The van der Waals surface area contributed by atoms with E-state index in [-0.39, 0.29) is 13.0 Å².